The summed E-state index contributed by atoms with van der Waals surface area (Å²) < 4.78 is 5.30. The molecule has 15 heteroatoms. The Balaban J connectivity index is 1.32. The molecule has 1 aromatic carbocycles. The lowest BCUT2D eigenvalue weighted by Crippen LogP contribution is -2.40. The Labute approximate surface area is 368 Å². The van der Waals surface area contributed by atoms with Crippen molar-refractivity contribution in [3.63, 3.8) is 0 Å². The van der Waals surface area contributed by atoms with Crippen LogP contribution in [-0.2, 0) is 20.7 Å². The van der Waals surface area contributed by atoms with E-state index < -0.39 is 30.6 Å². The number of rotatable bonds is 34. The van der Waals surface area contributed by atoms with Gasteiger partial charge in [-0.05, 0) is 123 Å². The third kappa shape index (κ3) is 19.2. The smallest absolute Gasteiger partial charge is 0.306 e. The number of halogens is 1. The second-order valence-electron chi connectivity index (χ2n) is 16.9. The number of alkyl halides is 1. The topological polar surface area (TPSA) is 218 Å². The van der Waals surface area contributed by atoms with E-state index in [1.165, 1.54) is 80.9 Å². The highest BCUT2D eigenvalue weighted by Gasteiger charge is 2.44. The van der Waals surface area contributed by atoms with Crippen LogP contribution in [-0.4, -0.2) is 60.5 Å². The summed E-state index contributed by atoms with van der Waals surface area (Å²) in [5.74, 6) is -1.10. The van der Waals surface area contributed by atoms with Crippen LogP contribution in [0.2, 0.25) is 0 Å². The fourth-order valence-electron chi connectivity index (χ4n) is 8.74. The molecule has 0 spiro atoms. The molecule has 2 aliphatic rings. The molecule has 14 nitrogen and oxygen atoms in total. The number of allylic oxidation sites excluding steroid dienone is 2. The maximum atomic E-state index is 13.1. The number of nitroso groups, excluding NO2 is 1. The molecular weight excluding hydrogens is 794 g/mol. The molecule has 0 saturated heterocycles. The van der Waals surface area contributed by atoms with Crippen LogP contribution in [0.5, 0.6) is 0 Å². The average Bonchev–Trinajstić information content (AvgIpc) is 3.52. The zero-order chi connectivity index (χ0) is 44.0. The Bertz CT molecular complexity index is 1610. The minimum absolute atomic E-state index is 0.0140. The van der Waals surface area contributed by atoms with E-state index in [0.29, 0.717) is 50.8 Å². The molecule has 61 heavy (non-hydrogen) atoms. The Morgan fingerprint density at radius 2 is 1.57 bits per heavy atom. The van der Waals surface area contributed by atoms with Crippen LogP contribution >= 0.6 is 11.6 Å². The molecule has 0 radical (unpaired) electrons. The van der Waals surface area contributed by atoms with Crippen LogP contribution in [0.1, 0.15) is 153 Å². The fraction of sp³-hybridized carbons (Fsp3) is 0.717. The number of anilines is 1. The van der Waals surface area contributed by atoms with Gasteiger partial charge in [0.2, 0.25) is 0 Å². The minimum Gasteiger partial charge on any atom is -0.456 e. The number of aliphatic hydroxyl groups is 1. The van der Waals surface area contributed by atoms with E-state index in [-0.39, 0.29) is 35.7 Å². The Morgan fingerprint density at radius 3 is 2.18 bits per heavy atom. The van der Waals surface area contributed by atoms with Gasteiger partial charge in [-0.15, -0.1) is 11.6 Å². The van der Waals surface area contributed by atoms with Crippen molar-refractivity contribution in [1.29, 1.82) is 5.41 Å². The number of azide groups is 2. The first-order valence-corrected chi connectivity index (χ1v) is 23.2. The van der Waals surface area contributed by atoms with Gasteiger partial charge in [0, 0.05) is 39.8 Å². The summed E-state index contributed by atoms with van der Waals surface area (Å²) in [6.07, 6.45) is 32.1. The molecule has 0 aliphatic heterocycles. The number of ether oxygens (including phenoxy) is 1. The minimum atomic E-state index is -0.581. The third-order valence-electron chi connectivity index (χ3n) is 12.6. The van der Waals surface area contributed by atoms with Crippen molar-refractivity contribution in [2.75, 3.05) is 24.7 Å². The van der Waals surface area contributed by atoms with Crippen molar-refractivity contribution in [2.45, 2.75) is 172 Å². The Morgan fingerprint density at radius 1 is 0.918 bits per heavy atom. The summed E-state index contributed by atoms with van der Waals surface area (Å²) in [5.41, 5.74) is 19.1. The lowest BCUT2D eigenvalue weighted by atomic mass is 9.61. The van der Waals surface area contributed by atoms with Gasteiger partial charge in [-0.2, -0.15) is 4.91 Å². The number of nitrogens with zero attached hydrogens (tertiary/aromatic N) is 8. The second kappa shape index (κ2) is 30.8. The summed E-state index contributed by atoms with van der Waals surface area (Å²) >= 11 is 6.65. The number of aliphatic hydroxyl groups excluding tert-OH is 1. The van der Waals surface area contributed by atoms with E-state index in [1.807, 2.05) is 48.6 Å². The van der Waals surface area contributed by atoms with Crippen molar-refractivity contribution >= 4 is 35.4 Å². The molecule has 0 bridgehead atoms. The SMILES string of the molecule is [N-]=[N+]=NCCC1([C@H](C/C=C/[C@@H]2[C@@H](C/C=C\CCCC(=O)OCC(=O)N(CN=[N+]=[N-])c3ccc(CCCCCCCCCCCCCCC=N)cc3)[C@H](Cl)C[C@H]2O)N=O)CCC1. The monoisotopic (exact) mass is 864 g/mol. The van der Waals surface area contributed by atoms with Gasteiger partial charge in [0.05, 0.1) is 6.10 Å². The number of unbranched alkanes of at least 4 members (excludes halogenated alkanes) is 13. The van der Waals surface area contributed by atoms with E-state index >= 15 is 0 Å². The van der Waals surface area contributed by atoms with Gasteiger partial charge in [0.1, 0.15) is 12.7 Å². The molecule has 0 aromatic heterocycles. The van der Waals surface area contributed by atoms with Crippen molar-refractivity contribution in [1.82, 2.24) is 0 Å². The maximum absolute atomic E-state index is 13.1. The third-order valence-corrected chi connectivity index (χ3v) is 13.1. The molecule has 1 amide bonds. The molecule has 2 aliphatic carbocycles. The first kappa shape index (κ1) is 51.1. The summed E-state index contributed by atoms with van der Waals surface area (Å²) in [4.78, 5) is 44.4. The highest BCUT2D eigenvalue weighted by Crippen LogP contribution is 2.49. The highest BCUT2D eigenvalue weighted by atomic mass is 35.5. The normalized spacial score (nSPS) is 19.8. The van der Waals surface area contributed by atoms with Crippen molar-refractivity contribution in [2.24, 2.45) is 32.7 Å². The summed E-state index contributed by atoms with van der Waals surface area (Å²) in [7, 11) is 0. The number of carbonyl (C=O) groups is 2. The lowest BCUT2D eigenvalue weighted by molar-refractivity contribution is -0.147. The second-order valence-corrected chi connectivity index (χ2v) is 17.4. The Kier molecular flexibility index (Phi) is 25.8. The molecular formula is C46H70ClN9O5. The van der Waals surface area contributed by atoms with Gasteiger partial charge in [-0.3, -0.25) is 9.59 Å². The van der Waals surface area contributed by atoms with Crippen LogP contribution < -0.4 is 4.90 Å². The summed E-state index contributed by atoms with van der Waals surface area (Å²) in [5, 5.41) is 28.3. The van der Waals surface area contributed by atoms with E-state index in [4.69, 9.17) is 32.8 Å². The maximum Gasteiger partial charge on any atom is 0.306 e. The predicted octanol–water partition coefficient (Wildman–Crippen LogP) is 12.8. The number of aryl methyl sites for hydroxylation is 1. The van der Waals surface area contributed by atoms with E-state index in [0.717, 1.165) is 44.9 Å². The highest BCUT2D eigenvalue weighted by molar-refractivity contribution is 6.21. The molecule has 0 unspecified atom stereocenters. The van der Waals surface area contributed by atoms with Crippen molar-refractivity contribution in [3.05, 3.63) is 79.9 Å². The van der Waals surface area contributed by atoms with Gasteiger partial charge in [0.25, 0.3) is 5.91 Å². The van der Waals surface area contributed by atoms with Gasteiger partial charge < -0.3 is 20.2 Å². The number of hydrogen-bond acceptors (Lipinski definition) is 9. The largest absolute Gasteiger partial charge is 0.456 e. The van der Waals surface area contributed by atoms with Gasteiger partial charge >= 0.3 is 5.97 Å². The Hall–Kier alpha value is -4.22. The number of hydrogen-bond donors (Lipinski definition) is 2. The molecule has 336 valence electrons. The number of nitrogens with one attached hydrogen (secondary N) is 1. The molecule has 2 N–H and O–H groups in total. The molecule has 1 aromatic rings. The van der Waals surface area contributed by atoms with Crippen LogP contribution in [0.3, 0.4) is 0 Å². The van der Waals surface area contributed by atoms with Crippen molar-refractivity contribution in [3.8, 4) is 0 Å². The van der Waals surface area contributed by atoms with E-state index in [1.54, 1.807) is 0 Å². The van der Waals surface area contributed by atoms with Crippen LogP contribution in [0, 0.1) is 27.6 Å². The lowest BCUT2D eigenvalue weighted by Gasteiger charge is -2.44. The average molecular weight is 865 g/mol. The molecule has 0 heterocycles. The van der Waals surface area contributed by atoms with E-state index in [9.17, 15) is 19.6 Å². The predicted molar refractivity (Wildman–Crippen MR) is 245 cm³/mol. The zero-order valence-electron chi connectivity index (χ0n) is 36.2. The molecule has 2 saturated carbocycles. The molecule has 2 fully saturated rings. The van der Waals surface area contributed by atoms with Crippen LogP contribution in [0.4, 0.5) is 5.69 Å². The molecule has 3 rings (SSSR count). The van der Waals surface area contributed by atoms with Gasteiger partial charge in [0.15, 0.2) is 6.61 Å². The quantitative estimate of drug-likeness (QED) is 0.00793. The van der Waals surface area contributed by atoms with Gasteiger partial charge in [-0.25, -0.2) is 0 Å². The number of benzene rings is 1. The number of carbonyl (C=O) groups excluding carboxylic acids is 2. The van der Waals surface area contributed by atoms with Crippen LogP contribution in [0.15, 0.2) is 64.0 Å². The first-order chi connectivity index (χ1) is 29.8. The standard InChI is InChI=1S/C46H70ClN9O5/c47-41-34-42(57)40(22-18-23-43(53-60)46(29-19-30-46)31-33-51-54-49)39(41)21-15-11-12-16-24-45(59)61-35-44(58)56(36-52-55-50)38-27-25-37(26-28-38)20-14-10-8-6-4-2-1-3-5-7-9-13-17-32-48/h11,15,18,22,25-28,32,39-43,48,57H,1-10,12-14,16-17,19-21,23-24,29-31,33-36H2/b15-11-,22-18+,48-32?/t39-,40-,41-,42-,43+/m1/s1. The summed E-state index contributed by atoms with van der Waals surface area (Å²) in [6, 6.07) is 7.24. The fourth-order valence-corrected chi connectivity index (χ4v) is 9.20. The van der Waals surface area contributed by atoms with Crippen molar-refractivity contribution < 1.29 is 19.4 Å². The van der Waals surface area contributed by atoms with E-state index in [2.05, 4.69) is 25.2 Å². The van der Waals surface area contributed by atoms with Crippen LogP contribution in [0.25, 0.3) is 20.9 Å². The number of esters is 1. The first-order valence-electron chi connectivity index (χ1n) is 22.8. The number of amides is 1. The summed E-state index contributed by atoms with van der Waals surface area (Å²) in [6.45, 7) is -0.319. The zero-order valence-corrected chi connectivity index (χ0v) is 37.0. The van der Waals surface area contributed by atoms with Gasteiger partial charge in [-0.1, -0.05) is 122 Å². The molecule has 5 atom stereocenters.